The van der Waals surface area contributed by atoms with E-state index in [0.717, 1.165) is 0 Å². The first-order valence-electron chi connectivity index (χ1n) is 1.38. The molecule has 0 fully saturated rings. The summed E-state index contributed by atoms with van der Waals surface area (Å²) in [5, 5.41) is 12.0. The van der Waals surface area contributed by atoms with Crippen molar-refractivity contribution in [3.8, 4) is 0 Å². The minimum absolute atomic E-state index is 0. The van der Waals surface area contributed by atoms with Gasteiger partial charge in [0, 0.05) is 0 Å². The number of nitrogens with two attached hydrogens (primary N) is 1. The number of aromatic nitrogens is 4. The molecule has 1 rings (SSSR count). The minimum atomic E-state index is 0. The van der Waals surface area contributed by atoms with Gasteiger partial charge in [-0.2, -0.15) is 5.21 Å². The summed E-state index contributed by atoms with van der Waals surface area (Å²) in [4.78, 5) is 0. The average Bonchev–Trinajstić information content (AvgIpc) is 1.86. The molecule has 0 bridgehead atoms. The molecule has 0 unspecified atom stereocenters. The Labute approximate surface area is 69.7 Å². The molecular weight excluding hydrogens is 122 g/mol. The molecule has 0 aliphatic heterocycles. The summed E-state index contributed by atoms with van der Waals surface area (Å²) in [7, 11) is 0. The van der Waals surface area contributed by atoms with E-state index < -0.39 is 0 Å². The Bertz CT molecular complexity index is 112. The molecule has 6 heteroatoms. The number of nitrogens with one attached hydrogen (secondary N) is 1. The van der Waals surface area contributed by atoms with Crippen molar-refractivity contribution in [2.75, 3.05) is 5.73 Å². The molecule has 0 saturated carbocycles. The van der Waals surface area contributed by atoms with Crippen LogP contribution in [-0.4, -0.2) is 58.4 Å². The fourth-order valence-corrected chi connectivity index (χ4v) is 0.170. The van der Waals surface area contributed by atoms with Crippen molar-refractivity contribution in [3.63, 3.8) is 0 Å². The van der Waals surface area contributed by atoms with E-state index in [1.807, 2.05) is 0 Å². The van der Waals surface area contributed by atoms with Crippen LogP contribution in [0.2, 0.25) is 0 Å². The molecule has 5 nitrogen and oxygen atoms in total. The summed E-state index contributed by atoms with van der Waals surface area (Å²) >= 11 is 0. The fraction of sp³-hybridized carbons (Fsp3) is 0. The number of tetrazole rings is 1. The second kappa shape index (κ2) is 3.17. The standard InChI is InChI=1S/CH3N5.Ca/c2-1-3-5-6-4-1;/h(H3,2,3,4,5,6);/q;+2. The molecule has 1 aromatic rings. The second-order valence-corrected chi connectivity index (χ2v) is 0.770. The largest absolute Gasteiger partial charge is 2.00 e. The van der Waals surface area contributed by atoms with E-state index in [1.54, 1.807) is 0 Å². The van der Waals surface area contributed by atoms with Crippen LogP contribution in [0, 0.1) is 0 Å². The predicted octanol–water partition coefficient (Wildman–Crippen LogP) is -1.60. The second-order valence-electron chi connectivity index (χ2n) is 0.770. The number of aromatic amines is 1. The van der Waals surface area contributed by atoms with Crippen LogP contribution in [0.1, 0.15) is 0 Å². The third-order valence-corrected chi connectivity index (χ3v) is 0.362. The Morgan fingerprint density at radius 1 is 1.57 bits per heavy atom. The SMILES string of the molecule is Nc1nn[nH]n1.[Ca+2]. The van der Waals surface area contributed by atoms with E-state index in [1.165, 1.54) is 0 Å². The Morgan fingerprint density at radius 2 is 2.29 bits per heavy atom. The molecule has 0 spiro atoms. The molecule has 0 atom stereocenters. The fourth-order valence-electron chi connectivity index (χ4n) is 0.170. The van der Waals surface area contributed by atoms with Gasteiger partial charge in [-0.1, -0.05) is 5.10 Å². The van der Waals surface area contributed by atoms with Gasteiger partial charge in [0.2, 0.25) is 0 Å². The van der Waals surface area contributed by atoms with Crippen molar-refractivity contribution >= 4 is 43.7 Å². The van der Waals surface area contributed by atoms with Crippen LogP contribution in [0.15, 0.2) is 0 Å². The maximum absolute atomic E-state index is 4.96. The molecule has 0 radical (unpaired) electrons. The molecule has 1 heterocycles. The number of nitrogens with zero attached hydrogens (tertiary/aromatic N) is 3. The molecule has 3 N–H and O–H groups in total. The van der Waals surface area contributed by atoms with Gasteiger partial charge in [0.1, 0.15) is 0 Å². The van der Waals surface area contributed by atoms with Gasteiger partial charge < -0.3 is 5.73 Å². The third kappa shape index (κ3) is 2.06. The Hall–Kier alpha value is 0.130. The van der Waals surface area contributed by atoms with Gasteiger partial charge in [-0.3, -0.25) is 0 Å². The summed E-state index contributed by atoms with van der Waals surface area (Å²) in [6, 6.07) is 0. The van der Waals surface area contributed by atoms with Gasteiger partial charge in [-0.25, -0.2) is 0 Å². The van der Waals surface area contributed by atoms with Crippen LogP contribution in [0.5, 0.6) is 0 Å². The quantitative estimate of drug-likeness (QED) is 0.409. The number of H-pyrrole nitrogens is 1. The first-order chi connectivity index (χ1) is 2.89. The van der Waals surface area contributed by atoms with Crippen LogP contribution in [0.4, 0.5) is 5.95 Å². The van der Waals surface area contributed by atoms with Gasteiger partial charge in [-0.15, -0.1) is 5.10 Å². The van der Waals surface area contributed by atoms with Crippen molar-refractivity contribution in [2.45, 2.75) is 0 Å². The summed E-state index contributed by atoms with van der Waals surface area (Å²) in [6.07, 6.45) is 0. The first-order valence-corrected chi connectivity index (χ1v) is 1.38. The molecule has 0 aliphatic carbocycles. The van der Waals surface area contributed by atoms with Crippen LogP contribution < -0.4 is 5.73 Å². The zero-order chi connectivity index (χ0) is 4.41. The zero-order valence-corrected chi connectivity index (χ0v) is 5.83. The van der Waals surface area contributed by atoms with Gasteiger partial charge in [0.15, 0.2) is 0 Å². The number of hydrogen-bond acceptors (Lipinski definition) is 4. The molecule has 7 heavy (non-hydrogen) atoms. The number of hydrogen-bond donors (Lipinski definition) is 2. The molecule has 0 amide bonds. The van der Waals surface area contributed by atoms with Crippen molar-refractivity contribution in [1.29, 1.82) is 0 Å². The van der Waals surface area contributed by atoms with E-state index in [-0.39, 0.29) is 43.7 Å². The topological polar surface area (TPSA) is 80.5 Å². The normalized spacial score (nSPS) is 7.43. The van der Waals surface area contributed by atoms with E-state index in [0.29, 0.717) is 0 Å². The van der Waals surface area contributed by atoms with E-state index in [9.17, 15) is 0 Å². The van der Waals surface area contributed by atoms with Gasteiger partial charge in [0.25, 0.3) is 5.95 Å². The average molecular weight is 125 g/mol. The Morgan fingerprint density at radius 3 is 2.43 bits per heavy atom. The van der Waals surface area contributed by atoms with E-state index in [2.05, 4.69) is 20.6 Å². The molecule has 0 aromatic carbocycles. The molecule has 32 valence electrons. The van der Waals surface area contributed by atoms with Crippen LogP contribution in [0.3, 0.4) is 0 Å². The maximum Gasteiger partial charge on any atom is 2.00 e. The van der Waals surface area contributed by atoms with Crippen molar-refractivity contribution in [3.05, 3.63) is 0 Å². The van der Waals surface area contributed by atoms with Crippen LogP contribution >= 0.6 is 0 Å². The van der Waals surface area contributed by atoms with Crippen molar-refractivity contribution < 1.29 is 0 Å². The van der Waals surface area contributed by atoms with Crippen LogP contribution in [0.25, 0.3) is 0 Å². The summed E-state index contributed by atoms with van der Waals surface area (Å²) in [6.45, 7) is 0. The van der Waals surface area contributed by atoms with Crippen molar-refractivity contribution in [1.82, 2.24) is 20.6 Å². The zero-order valence-electron chi connectivity index (χ0n) is 3.63. The third-order valence-electron chi connectivity index (χ3n) is 0.362. The van der Waals surface area contributed by atoms with Gasteiger partial charge >= 0.3 is 37.7 Å². The van der Waals surface area contributed by atoms with Crippen LogP contribution in [-0.2, 0) is 0 Å². The minimum Gasteiger partial charge on any atom is -0.365 e. The van der Waals surface area contributed by atoms with Crippen molar-refractivity contribution in [2.24, 2.45) is 0 Å². The maximum atomic E-state index is 4.96. The van der Waals surface area contributed by atoms with Gasteiger partial charge in [0.05, 0.1) is 0 Å². The summed E-state index contributed by atoms with van der Waals surface area (Å²) < 4.78 is 0. The number of rotatable bonds is 0. The molecule has 0 aliphatic rings. The Kier molecular flexibility index (Phi) is 3.23. The number of anilines is 1. The van der Waals surface area contributed by atoms with E-state index in [4.69, 9.17) is 5.73 Å². The molecule has 1 aromatic heterocycles. The predicted molar refractivity (Wildman–Crippen MR) is 24.3 cm³/mol. The smallest absolute Gasteiger partial charge is 0.365 e. The first kappa shape index (κ1) is 7.13. The van der Waals surface area contributed by atoms with E-state index >= 15 is 0 Å². The van der Waals surface area contributed by atoms with Gasteiger partial charge in [-0.05, 0) is 5.21 Å². The monoisotopic (exact) mass is 125 g/mol. The molecule has 0 saturated heterocycles. The summed E-state index contributed by atoms with van der Waals surface area (Å²) in [5.41, 5.74) is 4.96. The number of nitrogen functional groups attached to an aromatic ring is 1. The molecular formula is CH3CaN5+2. The summed E-state index contributed by atoms with van der Waals surface area (Å²) in [5.74, 6) is 0.176. The Balaban J connectivity index is 0.000000360.